The van der Waals surface area contributed by atoms with Gasteiger partial charge in [-0.1, -0.05) is 26.7 Å². The molecule has 1 amide bonds. The highest BCUT2D eigenvalue weighted by molar-refractivity contribution is 7.15. The van der Waals surface area contributed by atoms with E-state index in [-0.39, 0.29) is 24.2 Å². The van der Waals surface area contributed by atoms with Crippen molar-refractivity contribution in [3.63, 3.8) is 0 Å². The number of nitrogens with one attached hydrogen (secondary N) is 1. The summed E-state index contributed by atoms with van der Waals surface area (Å²) in [5.41, 5.74) is 6.69. The number of thiazole rings is 1. The highest BCUT2D eigenvalue weighted by Crippen LogP contribution is 2.34. The SMILES string of the molecule is CCCC1CCc2nc(NC(=O)C(C)CN)sc2C1.Cl. The summed E-state index contributed by atoms with van der Waals surface area (Å²) >= 11 is 1.64. The first-order valence-electron chi connectivity index (χ1n) is 7.13. The van der Waals surface area contributed by atoms with Crippen LogP contribution >= 0.6 is 23.7 Å². The monoisotopic (exact) mass is 317 g/mol. The predicted molar refractivity (Wildman–Crippen MR) is 86.6 cm³/mol. The van der Waals surface area contributed by atoms with Crippen molar-refractivity contribution in [2.45, 2.75) is 46.0 Å². The predicted octanol–water partition coefficient (Wildman–Crippen LogP) is 3.00. The summed E-state index contributed by atoms with van der Waals surface area (Å²) in [5, 5.41) is 3.63. The minimum absolute atomic E-state index is 0. The van der Waals surface area contributed by atoms with Crippen LogP contribution in [-0.2, 0) is 17.6 Å². The number of aromatic nitrogens is 1. The van der Waals surface area contributed by atoms with Gasteiger partial charge < -0.3 is 11.1 Å². The van der Waals surface area contributed by atoms with Gasteiger partial charge in [0.15, 0.2) is 5.13 Å². The molecule has 0 aliphatic heterocycles. The number of carbonyl (C=O) groups excluding carboxylic acids is 1. The maximum absolute atomic E-state index is 11.8. The Morgan fingerprint density at radius 1 is 1.60 bits per heavy atom. The molecule has 114 valence electrons. The molecule has 6 heteroatoms. The Kier molecular flexibility index (Phi) is 6.92. The second-order valence-electron chi connectivity index (χ2n) is 5.41. The average Bonchev–Trinajstić information content (AvgIpc) is 2.79. The van der Waals surface area contributed by atoms with E-state index in [1.807, 2.05) is 6.92 Å². The van der Waals surface area contributed by atoms with E-state index in [2.05, 4.69) is 17.2 Å². The van der Waals surface area contributed by atoms with Crippen LogP contribution in [0.3, 0.4) is 0 Å². The summed E-state index contributed by atoms with van der Waals surface area (Å²) in [5.74, 6) is 0.608. The molecule has 0 bridgehead atoms. The fourth-order valence-electron chi connectivity index (χ4n) is 2.49. The van der Waals surface area contributed by atoms with Crippen molar-refractivity contribution in [1.82, 2.24) is 4.98 Å². The zero-order chi connectivity index (χ0) is 13.8. The summed E-state index contributed by atoms with van der Waals surface area (Å²) in [4.78, 5) is 17.7. The van der Waals surface area contributed by atoms with Crippen LogP contribution in [-0.4, -0.2) is 17.4 Å². The Labute approximate surface area is 131 Å². The molecule has 0 spiro atoms. The highest BCUT2D eigenvalue weighted by Gasteiger charge is 2.23. The molecule has 1 aromatic heterocycles. The lowest BCUT2D eigenvalue weighted by molar-refractivity contribution is -0.119. The summed E-state index contributed by atoms with van der Waals surface area (Å²) in [6.45, 7) is 4.44. The molecule has 1 aliphatic carbocycles. The number of nitrogens with two attached hydrogens (primary N) is 1. The van der Waals surface area contributed by atoms with Crippen molar-refractivity contribution in [2.75, 3.05) is 11.9 Å². The van der Waals surface area contributed by atoms with E-state index in [9.17, 15) is 4.79 Å². The molecule has 2 unspecified atom stereocenters. The van der Waals surface area contributed by atoms with Gasteiger partial charge in [0.05, 0.1) is 5.69 Å². The van der Waals surface area contributed by atoms with Gasteiger partial charge in [-0.15, -0.1) is 23.7 Å². The van der Waals surface area contributed by atoms with Crippen molar-refractivity contribution in [3.05, 3.63) is 10.6 Å². The zero-order valence-corrected chi connectivity index (χ0v) is 13.8. The standard InChI is InChI=1S/C14H23N3OS.ClH/c1-3-4-10-5-6-11-12(7-10)19-14(16-11)17-13(18)9(2)8-15;/h9-10H,3-8,15H2,1-2H3,(H,16,17,18);1H. The molecule has 1 aliphatic rings. The smallest absolute Gasteiger partial charge is 0.230 e. The summed E-state index contributed by atoms with van der Waals surface area (Å²) in [6, 6.07) is 0. The lowest BCUT2D eigenvalue weighted by Gasteiger charge is -2.19. The van der Waals surface area contributed by atoms with E-state index in [1.165, 1.54) is 29.8 Å². The van der Waals surface area contributed by atoms with Crippen molar-refractivity contribution in [2.24, 2.45) is 17.6 Å². The van der Waals surface area contributed by atoms with Gasteiger partial charge >= 0.3 is 0 Å². The number of fused-ring (bicyclic) bond motifs is 1. The first-order valence-corrected chi connectivity index (χ1v) is 7.95. The van der Waals surface area contributed by atoms with E-state index in [0.29, 0.717) is 6.54 Å². The molecule has 1 heterocycles. The van der Waals surface area contributed by atoms with Crippen LogP contribution in [0.1, 0.15) is 43.7 Å². The van der Waals surface area contributed by atoms with E-state index in [4.69, 9.17) is 5.73 Å². The highest BCUT2D eigenvalue weighted by atomic mass is 35.5. The number of rotatable bonds is 5. The van der Waals surface area contributed by atoms with Gasteiger partial charge in [0.25, 0.3) is 0 Å². The number of anilines is 1. The maximum atomic E-state index is 11.8. The van der Waals surface area contributed by atoms with Crippen molar-refractivity contribution in [1.29, 1.82) is 0 Å². The minimum atomic E-state index is -0.159. The number of carbonyl (C=O) groups is 1. The van der Waals surface area contributed by atoms with Crippen LogP contribution in [0.2, 0.25) is 0 Å². The normalized spacial score (nSPS) is 18.9. The van der Waals surface area contributed by atoms with Gasteiger partial charge in [-0.25, -0.2) is 4.98 Å². The first-order chi connectivity index (χ1) is 9.13. The fourth-order valence-corrected chi connectivity index (χ4v) is 3.61. The van der Waals surface area contributed by atoms with Crippen LogP contribution in [0.5, 0.6) is 0 Å². The average molecular weight is 318 g/mol. The molecule has 2 atom stereocenters. The van der Waals surface area contributed by atoms with Gasteiger partial charge in [-0.2, -0.15) is 0 Å². The lowest BCUT2D eigenvalue weighted by Crippen LogP contribution is -2.26. The van der Waals surface area contributed by atoms with E-state index < -0.39 is 0 Å². The molecule has 0 saturated heterocycles. The third-order valence-electron chi connectivity index (χ3n) is 3.77. The largest absolute Gasteiger partial charge is 0.330 e. The molecule has 0 saturated carbocycles. The Morgan fingerprint density at radius 3 is 3.00 bits per heavy atom. The maximum Gasteiger partial charge on any atom is 0.230 e. The van der Waals surface area contributed by atoms with Gasteiger partial charge in [-0.3, -0.25) is 4.79 Å². The summed E-state index contributed by atoms with van der Waals surface area (Å²) in [7, 11) is 0. The van der Waals surface area contributed by atoms with Crippen LogP contribution in [0, 0.1) is 11.8 Å². The second-order valence-corrected chi connectivity index (χ2v) is 6.50. The third-order valence-corrected chi connectivity index (χ3v) is 4.81. The Morgan fingerprint density at radius 2 is 2.35 bits per heavy atom. The van der Waals surface area contributed by atoms with Crippen LogP contribution < -0.4 is 11.1 Å². The molecule has 4 nitrogen and oxygen atoms in total. The lowest BCUT2D eigenvalue weighted by atomic mass is 9.88. The molecule has 0 fully saturated rings. The Hall–Kier alpha value is -0.650. The Bertz CT molecular complexity index is 450. The van der Waals surface area contributed by atoms with Gasteiger partial charge in [0.1, 0.15) is 0 Å². The van der Waals surface area contributed by atoms with Crippen LogP contribution in [0.15, 0.2) is 0 Å². The molecule has 3 N–H and O–H groups in total. The second kappa shape index (κ2) is 7.96. The first kappa shape index (κ1) is 17.4. The van der Waals surface area contributed by atoms with Gasteiger partial charge in [0.2, 0.25) is 5.91 Å². The molecule has 0 aromatic carbocycles. The topological polar surface area (TPSA) is 68.0 Å². The van der Waals surface area contributed by atoms with Crippen molar-refractivity contribution in [3.8, 4) is 0 Å². The van der Waals surface area contributed by atoms with Crippen molar-refractivity contribution >= 4 is 34.8 Å². The van der Waals surface area contributed by atoms with Gasteiger partial charge in [-0.05, 0) is 25.2 Å². The molecule has 1 aromatic rings. The fraction of sp³-hybridized carbons (Fsp3) is 0.714. The van der Waals surface area contributed by atoms with E-state index in [0.717, 1.165) is 23.9 Å². The molecule has 0 radical (unpaired) electrons. The Balaban J connectivity index is 0.00000200. The molecular weight excluding hydrogens is 294 g/mol. The van der Waals surface area contributed by atoms with E-state index >= 15 is 0 Å². The number of halogens is 1. The molecule has 2 rings (SSSR count). The number of nitrogens with zero attached hydrogens (tertiary/aromatic N) is 1. The minimum Gasteiger partial charge on any atom is -0.330 e. The number of aryl methyl sites for hydroxylation is 1. The summed E-state index contributed by atoms with van der Waals surface area (Å²) in [6.07, 6.45) is 5.96. The van der Waals surface area contributed by atoms with E-state index in [1.54, 1.807) is 11.3 Å². The quantitative estimate of drug-likeness (QED) is 0.877. The van der Waals surface area contributed by atoms with Crippen LogP contribution in [0.4, 0.5) is 5.13 Å². The zero-order valence-electron chi connectivity index (χ0n) is 12.1. The van der Waals surface area contributed by atoms with Crippen LogP contribution in [0.25, 0.3) is 0 Å². The number of amides is 1. The third kappa shape index (κ3) is 4.17. The molecule has 20 heavy (non-hydrogen) atoms. The molecular formula is C14H24ClN3OS. The summed E-state index contributed by atoms with van der Waals surface area (Å²) < 4.78 is 0. The number of hydrogen-bond donors (Lipinski definition) is 2. The number of hydrogen-bond acceptors (Lipinski definition) is 4. The van der Waals surface area contributed by atoms with Crippen molar-refractivity contribution < 1.29 is 4.79 Å². The van der Waals surface area contributed by atoms with Gasteiger partial charge in [0, 0.05) is 17.3 Å².